The molecule has 19 heavy (non-hydrogen) atoms. The molecule has 1 aliphatic rings. The van der Waals surface area contributed by atoms with Crippen molar-refractivity contribution in [3.8, 4) is 0 Å². The molecule has 0 spiro atoms. The van der Waals surface area contributed by atoms with Crippen LogP contribution >= 0.6 is 0 Å². The number of carbonyl (C=O) groups is 2. The highest BCUT2D eigenvalue weighted by atomic mass is 16.2. The minimum Gasteiger partial charge on any atom is -0.345 e. The van der Waals surface area contributed by atoms with Crippen LogP contribution in [0.4, 0.5) is 0 Å². The number of hydrogen-bond acceptors (Lipinski definition) is 4. The van der Waals surface area contributed by atoms with E-state index in [-0.39, 0.29) is 24.9 Å². The van der Waals surface area contributed by atoms with Crippen LogP contribution in [-0.2, 0) is 16.1 Å². The van der Waals surface area contributed by atoms with Crippen LogP contribution in [0.5, 0.6) is 0 Å². The molecule has 102 valence electrons. The van der Waals surface area contributed by atoms with Crippen molar-refractivity contribution in [3.05, 3.63) is 24.3 Å². The third-order valence-corrected chi connectivity index (χ3v) is 3.73. The summed E-state index contributed by atoms with van der Waals surface area (Å²) in [5.41, 5.74) is -0.783. The van der Waals surface area contributed by atoms with Crippen molar-refractivity contribution in [2.75, 3.05) is 6.54 Å². The van der Waals surface area contributed by atoms with Gasteiger partial charge in [0, 0.05) is 12.4 Å². The topological polar surface area (TPSA) is 75.2 Å². The molecule has 0 aromatic carbocycles. The van der Waals surface area contributed by atoms with E-state index in [9.17, 15) is 9.59 Å². The van der Waals surface area contributed by atoms with Crippen molar-refractivity contribution in [1.29, 1.82) is 0 Å². The number of amides is 2. The van der Waals surface area contributed by atoms with Gasteiger partial charge in [-0.15, -0.1) is 0 Å². The highest BCUT2D eigenvalue weighted by Crippen LogP contribution is 2.28. The molecule has 1 N–H and O–H groups in total. The molecule has 0 atom stereocenters. The van der Waals surface area contributed by atoms with Gasteiger partial charge in [0.15, 0.2) is 0 Å². The lowest BCUT2D eigenvalue weighted by Crippen LogP contribution is -2.66. The predicted molar refractivity (Wildman–Crippen MR) is 68.9 cm³/mol. The zero-order valence-electron chi connectivity index (χ0n) is 11.2. The lowest BCUT2D eigenvalue weighted by molar-refractivity contribution is -0.155. The molecular formula is C13H18N4O2. The van der Waals surface area contributed by atoms with Gasteiger partial charge < -0.3 is 10.2 Å². The van der Waals surface area contributed by atoms with E-state index in [1.54, 1.807) is 23.4 Å². The Hall–Kier alpha value is -1.98. The number of nitrogens with one attached hydrogen (secondary N) is 1. The summed E-state index contributed by atoms with van der Waals surface area (Å²) in [5.74, 6) is 0.376. The number of carbonyl (C=O) groups excluding carboxylic acids is 2. The summed E-state index contributed by atoms with van der Waals surface area (Å²) in [4.78, 5) is 34.2. The van der Waals surface area contributed by atoms with Crippen molar-refractivity contribution >= 4 is 11.8 Å². The molecular weight excluding hydrogens is 244 g/mol. The number of hydrogen-bond donors (Lipinski definition) is 1. The molecule has 1 fully saturated rings. The van der Waals surface area contributed by atoms with Gasteiger partial charge >= 0.3 is 0 Å². The SMILES string of the molecule is CCC1(CC)C(=O)NCC(=O)N1Cc1ncccn1. The predicted octanol–water partition coefficient (Wildman–Crippen LogP) is 0.494. The fraction of sp³-hybridized carbons (Fsp3) is 0.538. The zero-order valence-corrected chi connectivity index (χ0v) is 11.2. The first kappa shape index (κ1) is 13.5. The Balaban J connectivity index is 2.32. The van der Waals surface area contributed by atoms with Crippen molar-refractivity contribution in [3.63, 3.8) is 0 Å². The maximum atomic E-state index is 12.2. The molecule has 1 aliphatic heterocycles. The van der Waals surface area contributed by atoms with Crippen LogP contribution < -0.4 is 5.32 Å². The van der Waals surface area contributed by atoms with Crippen molar-refractivity contribution < 1.29 is 9.59 Å². The molecule has 0 radical (unpaired) electrons. The van der Waals surface area contributed by atoms with Crippen LogP contribution in [-0.4, -0.2) is 38.8 Å². The van der Waals surface area contributed by atoms with Crippen LogP contribution in [0.15, 0.2) is 18.5 Å². The first-order valence-electron chi connectivity index (χ1n) is 6.48. The lowest BCUT2D eigenvalue weighted by atomic mass is 9.87. The van der Waals surface area contributed by atoms with Crippen molar-refractivity contribution in [1.82, 2.24) is 20.2 Å². The maximum absolute atomic E-state index is 12.2. The summed E-state index contributed by atoms with van der Waals surface area (Å²) in [6.45, 7) is 4.16. The number of rotatable bonds is 4. The molecule has 1 aromatic heterocycles. The molecule has 2 heterocycles. The van der Waals surface area contributed by atoms with Gasteiger partial charge in [-0.25, -0.2) is 9.97 Å². The summed E-state index contributed by atoms with van der Waals surface area (Å²) in [5, 5.41) is 2.67. The van der Waals surface area contributed by atoms with E-state index in [1.807, 2.05) is 13.8 Å². The Morgan fingerprint density at radius 3 is 2.47 bits per heavy atom. The third kappa shape index (κ3) is 2.30. The van der Waals surface area contributed by atoms with Crippen LogP contribution in [0, 0.1) is 0 Å². The second kappa shape index (κ2) is 5.34. The Labute approximate surface area is 112 Å². The molecule has 0 unspecified atom stereocenters. The molecule has 0 bridgehead atoms. The number of aromatic nitrogens is 2. The third-order valence-electron chi connectivity index (χ3n) is 3.73. The van der Waals surface area contributed by atoms with E-state index in [0.29, 0.717) is 18.7 Å². The Morgan fingerprint density at radius 1 is 1.26 bits per heavy atom. The minimum atomic E-state index is -0.783. The second-order valence-electron chi connectivity index (χ2n) is 4.57. The summed E-state index contributed by atoms with van der Waals surface area (Å²) in [6.07, 6.45) is 4.43. The van der Waals surface area contributed by atoms with Gasteiger partial charge in [0.2, 0.25) is 11.8 Å². The van der Waals surface area contributed by atoms with E-state index in [1.165, 1.54) is 0 Å². The molecule has 2 amide bonds. The van der Waals surface area contributed by atoms with Crippen LogP contribution in [0.2, 0.25) is 0 Å². The summed E-state index contributed by atoms with van der Waals surface area (Å²) < 4.78 is 0. The van der Waals surface area contributed by atoms with Gasteiger partial charge in [0.1, 0.15) is 11.4 Å². The fourth-order valence-corrected chi connectivity index (χ4v) is 2.52. The van der Waals surface area contributed by atoms with E-state index in [2.05, 4.69) is 15.3 Å². The van der Waals surface area contributed by atoms with Gasteiger partial charge in [-0.1, -0.05) is 13.8 Å². The average Bonchev–Trinajstić information content (AvgIpc) is 2.45. The first-order chi connectivity index (χ1) is 9.14. The summed E-state index contributed by atoms with van der Waals surface area (Å²) in [7, 11) is 0. The van der Waals surface area contributed by atoms with Gasteiger partial charge in [-0.3, -0.25) is 9.59 Å². The molecule has 6 heteroatoms. The number of piperazine rings is 1. The normalized spacial score (nSPS) is 18.3. The van der Waals surface area contributed by atoms with E-state index in [4.69, 9.17) is 0 Å². The highest BCUT2D eigenvalue weighted by Gasteiger charge is 2.46. The minimum absolute atomic E-state index is 0.0490. The van der Waals surface area contributed by atoms with E-state index in [0.717, 1.165) is 0 Å². The fourth-order valence-electron chi connectivity index (χ4n) is 2.52. The zero-order chi connectivity index (χ0) is 13.9. The monoisotopic (exact) mass is 262 g/mol. The van der Waals surface area contributed by atoms with Crippen LogP contribution in [0.3, 0.4) is 0 Å². The molecule has 1 saturated heterocycles. The van der Waals surface area contributed by atoms with Gasteiger partial charge in [0.05, 0.1) is 13.1 Å². The van der Waals surface area contributed by atoms with Gasteiger partial charge in [0.25, 0.3) is 0 Å². The Morgan fingerprint density at radius 2 is 1.89 bits per heavy atom. The maximum Gasteiger partial charge on any atom is 0.246 e. The van der Waals surface area contributed by atoms with E-state index < -0.39 is 5.54 Å². The molecule has 2 rings (SSSR count). The van der Waals surface area contributed by atoms with Crippen molar-refractivity contribution in [2.45, 2.75) is 38.8 Å². The smallest absolute Gasteiger partial charge is 0.246 e. The van der Waals surface area contributed by atoms with Gasteiger partial charge in [-0.2, -0.15) is 0 Å². The Kier molecular flexibility index (Phi) is 3.78. The average molecular weight is 262 g/mol. The quantitative estimate of drug-likeness (QED) is 0.857. The standard InChI is InChI=1S/C13H18N4O2/c1-3-13(4-2)12(19)16-8-11(18)17(13)9-10-14-6-5-7-15-10/h5-7H,3-4,8-9H2,1-2H3,(H,16,19). The molecule has 6 nitrogen and oxygen atoms in total. The van der Waals surface area contributed by atoms with Crippen LogP contribution in [0.25, 0.3) is 0 Å². The summed E-state index contributed by atoms with van der Waals surface area (Å²) in [6, 6.07) is 1.72. The molecule has 0 aliphatic carbocycles. The molecule has 0 saturated carbocycles. The van der Waals surface area contributed by atoms with Gasteiger partial charge in [-0.05, 0) is 18.9 Å². The van der Waals surface area contributed by atoms with Crippen molar-refractivity contribution in [2.24, 2.45) is 0 Å². The summed E-state index contributed by atoms with van der Waals surface area (Å²) >= 11 is 0. The largest absolute Gasteiger partial charge is 0.345 e. The Bertz CT molecular complexity index is 471. The second-order valence-corrected chi connectivity index (χ2v) is 4.57. The molecule has 1 aromatic rings. The van der Waals surface area contributed by atoms with Crippen LogP contribution in [0.1, 0.15) is 32.5 Å². The lowest BCUT2D eigenvalue weighted by Gasteiger charge is -2.44. The first-order valence-corrected chi connectivity index (χ1v) is 6.48. The highest BCUT2D eigenvalue weighted by molar-refractivity contribution is 5.97. The van der Waals surface area contributed by atoms with E-state index >= 15 is 0 Å². The number of nitrogens with zero attached hydrogens (tertiary/aromatic N) is 3.